The van der Waals surface area contributed by atoms with Crippen LogP contribution in [-0.2, 0) is 34.9 Å². The second kappa shape index (κ2) is 14.9. The molecule has 53 heavy (non-hydrogen) atoms. The largest absolute Gasteiger partial charge is 0.474 e. The number of aliphatic hydroxyl groups excluding tert-OH is 1. The Morgan fingerprint density at radius 1 is 1.00 bits per heavy atom. The van der Waals surface area contributed by atoms with E-state index >= 15 is 4.79 Å². The van der Waals surface area contributed by atoms with Crippen LogP contribution in [0.5, 0.6) is 5.75 Å². The molecule has 17 heteroatoms. The number of carbonyl (C=O) groups is 3. The Morgan fingerprint density at radius 3 is 2.40 bits per heavy atom. The van der Waals surface area contributed by atoms with E-state index in [0.29, 0.717) is 28.5 Å². The molecule has 2 aromatic heterocycles. The van der Waals surface area contributed by atoms with Gasteiger partial charge >= 0.3 is 12.4 Å². The average Bonchev–Trinajstić information content (AvgIpc) is 3.60. The maximum Gasteiger partial charge on any atom is 0.425 e. The van der Waals surface area contributed by atoms with Crippen LogP contribution in [0.15, 0.2) is 48.0 Å². The zero-order chi connectivity index (χ0) is 38.3. The van der Waals surface area contributed by atoms with E-state index in [1.54, 1.807) is 6.92 Å². The van der Waals surface area contributed by atoms with Gasteiger partial charge in [-0.05, 0) is 61.1 Å². The van der Waals surface area contributed by atoms with Gasteiger partial charge in [0.1, 0.15) is 28.2 Å². The third-order valence-corrected chi connectivity index (χ3v) is 11.1. The van der Waals surface area contributed by atoms with Crippen molar-refractivity contribution < 1.29 is 55.0 Å². The van der Waals surface area contributed by atoms with E-state index in [2.05, 4.69) is 4.98 Å². The van der Waals surface area contributed by atoms with Crippen LogP contribution in [0.3, 0.4) is 0 Å². The number of ether oxygens (including phenoxy) is 1. The Bertz CT molecular complexity index is 1840. The molecule has 1 aromatic carbocycles. The molecule has 0 spiro atoms. The van der Waals surface area contributed by atoms with Crippen molar-refractivity contribution in [2.75, 3.05) is 19.6 Å². The minimum atomic E-state index is -4.96. The third-order valence-electron chi connectivity index (χ3n) is 10.1. The number of pyridine rings is 1. The van der Waals surface area contributed by atoms with Gasteiger partial charge in [-0.3, -0.25) is 19.4 Å². The number of thiophene rings is 1. The molecule has 9 nitrogen and oxygen atoms in total. The van der Waals surface area contributed by atoms with Gasteiger partial charge in [-0.1, -0.05) is 19.4 Å². The molecule has 0 radical (unpaired) electrons. The van der Waals surface area contributed by atoms with E-state index in [-0.39, 0.29) is 76.9 Å². The fourth-order valence-corrected chi connectivity index (χ4v) is 8.28. The molecule has 286 valence electrons. The monoisotopic (exact) mass is 770 g/mol. The normalized spacial score (nSPS) is 22.8. The van der Waals surface area contributed by atoms with Gasteiger partial charge in [0.15, 0.2) is 0 Å². The molecule has 3 amide bonds. The van der Waals surface area contributed by atoms with Crippen LogP contribution in [0.4, 0.5) is 30.7 Å². The van der Waals surface area contributed by atoms with Gasteiger partial charge in [0.25, 0.3) is 11.8 Å². The number of fused-ring (bicyclic) bond motifs is 1. The zero-order valence-corrected chi connectivity index (χ0v) is 29.4. The van der Waals surface area contributed by atoms with Crippen molar-refractivity contribution in [2.24, 2.45) is 0 Å². The van der Waals surface area contributed by atoms with Crippen molar-refractivity contribution in [1.82, 2.24) is 19.7 Å². The van der Waals surface area contributed by atoms with Crippen molar-refractivity contribution >= 4 is 29.1 Å². The average molecular weight is 771 g/mol. The van der Waals surface area contributed by atoms with Gasteiger partial charge in [0.05, 0.1) is 17.7 Å². The number of rotatable bonds is 7. The second-order valence-electron chi connectivity index (χ2n) is 13.6. The molecular formula is C36H37F7N4O5S. The van der Waals surface area contributed by atoms with Crippen LogP contribution in [0, 0.1) is 5.82 Å². The van der Waals surface area contributed by atoms with Crippen LogP contribution in [0.1, 0.15) is 77.5 Å². The summed E-state index contributed by atoms with van der Waals surface area (Å²) in [4.78, 5) is 50.3. The molecule has 3 aromatic rings. The Labute approximate surface area is 304 Å². The highest BCUT2D eigenvalue weighted by Crippen LogP contribution is 2.43. The van der Waals surface area contributed by atoms with E-state index in [1.807, 2.05) is 0 Å². The van der Waals surface area contributed by atoms with Gasteiger partial charge in [-0.15, -0.1) is 11.3 Å². The lowest BCUT2D eigenvalue weighted by Crippen LogP contribution is -2.70. The summed E-state index contributed by atoms with van der Waals surface area (Å²) in [7, 11) is 0. The molecule has 6 rings (SSSR count). The molecule has 5 heterocycles. The van der Waals surface area contributed by atoms with E-state index < -0.39 is 75.8 Å². The summed E-state index contributed by atoms with van der Waals surface area (Å²) in [6.45, 7) is 1.72. The lowest BCUT2D eigenvalue weighted by Gasteiger charge is -2.51. The Hall–Kier alpha value is -4.25. The first-order valence-electron chi connectivity index (χ1n) is 17.3. The molecule has 3 aliphatic rings. The molecule has 3 aliphatic heterocycles. The lowest BCUT2D eigenvalue weighted by molar-refractivity contribution is -0.167. The van der Waals surface area contributed by atoms with Crippen LogP contribution >= 0.6 is 11.3 Å². The number of amides is 3. The van der Waals surface area contributed by atoms with E-state index in [9.17, 15) is 45.4 Å². The van der Waals surface area contributed by atoms with Crippen molar-refractivity contribution in [2.45, 2.75) is 94.6 Å². The maximum absolute atomic E-state index is 15.4. The minimum absolute atomic E-state index is 0.000406. The molecule has 2 saturated heterocycles. The fraction of sp³-hybridized carbons (Fsp3) is 0.500. The first kappa shape index (κ1) is 38.5. The molecule has 0 aliphatic carbocycles. The number of hydrogen-bond donors (Lipinski definition) is 1. The smallest absolute Gasteiger partial charge is 0.425 e. The van der Waals surface area contributed by atoms with Gasteiger partial charge < -0.3 is 24.5 Å². The second-order valence-corrected chi connectivity index (χ2v) is 14.5. The summed E-state index contributed by atoms with van der Waals surface area (Å²) in [5.41, 5.74) is -3.41. The van der Waals surface area contributed by atoms with Gasteiger partial charge in [0.2, 0.25) is 11.5 Å². The topological polar surface area (TPSA) is 103 Å². The number of aromatic nitrogens is 1. The number of benzene rings is 1. The van der Waals surface area contributed by atoms with Crippen molar-refractivity contribution in [1.29, 1.82) is 0 Å². The van der Waals surface area contributed by atoms with Crippen molar-refractivity contribution in [3.8, 4) is 5.75 Å². The van der Waals surface area contributed by atoms with Crippen LogP contribution in [0.25, 0.3) is 0 Å². The Balaban J connectivity index is 1.48. The van der Waals surface area contributed by atoms with E-state index in [1.165, 1.54) is 28.0 Å². The molecule has 0 bridgehead atoms. The molecule has 1 unspecified atom stereocenters. The molecule has 2 fully saturated rings. The Kier molecular flexibility index (Phi) is 10.8. The standard InChI is InChI=1S/C36H37F7N4O5S/c1-2-5-28-34(52-25-18-29(53-20-25)36(41,42)43,11-4-13-46(28)32(50)30-26(35(38,39)40)6-3-12-44-30)33(51)47-19-21-7-8-23(37)16-22(21)17-27(47)31(49)45-14-9-24(48)10-15-45/h3,6-8,12,16,18,20,24,27-28,48H,2,4-5,9-11,13-15,17,19H2,1H3/t27-,28?,34+/m1/s1. The summed E-state index contributed by atoms with van der Waals surface area (Å²) < 4.78 is 104. The summed E-state index contributed by atoms with van der Waals surface area (Å²) in [6.07, 6.45) is -8.74. The van der Waals surface area contributed by atoms with Crippen LogP contribution in [0.2, 0.25) is 0 Å². The van der Waals surface area contributed by atoms with Gasteiger partial charge in [-0.2, -0.15) is 26.3 Å². The predicted octanol–water partition coefficient (Wildman–Crippen LogP) is 6.48. The summed E-state index contributed by atoms with van der Waals surface area (Å²) in [5, 5.41) is 11.1. The third kappa shape index (κ3) is 7.72. The van der Waals surface area contributed by atoms with Gasteiger partial charge in [-0.25, -0.2) is 4.39 Å². The highest BCUT2D eigenvalue weighted by Gasteiger charge is 2.58. The number of hydrogen-bond acceptors (Lipinski definition) is 7. The SMILES string of the molecule is CCCC1N(C(=O)c2ncccc2C(F)(F)F)CCC[C@@]1(Oc1csc(C(F)(F)F)c1)C(=O)N1Cc2ccc(F)cc2C[C@@H]1C(=O)N1CCC(O)CC1. The number of piperidine rings is 2. The quantitative estimate of drug-likeness (QED) is 0.276. The minimum Gasteiger partial charge on any atom is -0.474 e. The van der Waals surface area contributed by atoms with E-state index in [0.717, 1.165) is 28.6 Å². The molecular weight excluding hydrogens is 733 g/mol. The van der Waals surface area contributed by atoms with Crippen molar-refractivity contribution in [3.63, 3.8) is 0 Å². The molecule has 0 saturated carbocycles. The fourth-order valence-electron chi connectivity index (χ4n) is 7.60. The number of carbonyl (C=O) groups excluding carboxylic acids is 3. The maximum atomic E-state index is 15.4. The number of aliphatic hydroxyl groups is 1. The number of nitrogens with zero attached hydrogens (tertiary/aromatic N) is 4. The summed E-state index contributed by atoms with van der Waals surface area (Å²) >= 11 is 0.324. The molecule has 3 atom stereocenters. The van der Waals surface area contributed by atoms with Crippen molar-refractivity contribution in [3.05, 3.63) is 81.1 Å². The highest BCUT2D eigenvalue weighted by atomic mass is 32.1. The zero-order valence-electron chi connectivity index (χ0n) is 28.6. The van der Waals surface area contributed by atoms with E-state index in [4.69, 9.17) is 4.74 Å². The Morgan fingerprint density at radius 2 is 1.74 bits per heavy atom. The number of halogens is 7. The summed E-state index contributed by atoms with van der Waals surface area (Å²) in [5.74, 6) is -3.39. The number of alkyl halides is 6. The summed E-state index contributed by atoms with van der Waals surface area (Å²) in [6, 6.07) is 3.84. The van der Waals surface area contributed by atoms with Gasteiger partial charge in [0, 0.05) is 56.7 Å². The number of likely N-dealkylation sites (tertiary alicyclic amines) is 2. The van der Waals surface area contributed by atoms with Crippen LogP contribution in [-0.4, -0.2) is 85.9 Å². The highest BCUT2D eigenvalue weighted by molar-refractivity contribution is 7.10. The first-order chi connectivity index (χ1) is 25.0. The first-order valence-corrected chi connectivity index (χ1v) is 18.1. The molecule has 1 N–H and O–H groups in total. The lowest BCUT2D eigenvalue weighted by atomic mass is 9.78. The predicted molar refractivity (Wildman–Crippen MR) is 177 cm³/mol. The van der Waals surface area contributed by atoms with Crippen LogP contribution < -0.4 is 4.74 Å².